The van der Waals surface area contributed by atoms with Crippen molar-refractivity contribution in [2.24, 2.45) is 0 Å². The maximum atomic E-state index is 12.9. The predicted octanol–water partition coefficient (Wildman–Crippen LogP) is 3.96. The van der Waals surface area contributed by atoms with Gasteiger partial charge in [0.25, 0.3) is 0 Å². The van der Waals surface area contributed by atoms with Crippen LogP contribution in [-0.4, -0.2) is 38.2 Å². The minimum atomic E-state index is -0.711. The van der Waals surface area contributed by atoms with Gasteiger partial charge in [0.2, 0.25) is 5.91 Å². The Labute approximate surface area is 194 Å². The molecule has 1 atom stereocenters. The molecule has 7 heteroatoms. The molecule has 0 saturated carbocycles. The van der Waals surface area contributed by atoms with Crippen molar-refractivity contribution in [3.05, 3.63) is 90.0 Å². The van der Waals surface area contributed by atoms with Crippen LogP contribution in [-0.2, 0) is 11.2 Å². The van der Waals surface area contributed by atoms with E-state index in [0.29, 0.717) is 25.2 Å². The zero-order valence-electron chi connectivity index (χ0n) is 18.9. The summed E-state index contributed by atoms with van der Waals surface area (Å²) < 4.78 is 5.15. The molecule has 172 valence electrons. The van der Waals surface area contributed by atoms with Crippen LogP contribution in [0.5, 0.6) is 5.75 Å². The molecule has 33 heavy (non-hydrogen) atoms. The summed E-state index contributed by atoms with van der Waals surface area (Å²) in [5.74, 6) is 0.544. The summed E-state index contributed by atoms with van der Waals surface area (Å²) in [6.45, 7) is 2.88. The van der Waals surface area contributed by atoms with Crippen LogP contribution >= 0.6 is 0 Å². The standard InChI is InChI=1S/C26H30N4O3/c1-19-8-6-7-11-23(19)29-26(32)30-24(18-20-9-4-3-5-10-20)25(31)28-17-16-27-21-12-14-22(33-2)15-13-21/h3-15,24,27H,16-18H2,1-2H3,(H,28,31)(H2,29,30,32). The van der Waals surface area contributed by atoms with Crippen LogP contribution in [0.15, 0.2) is 78.9 Å². The highest BCUT2D eigenvalue weighted by atomic mass is 16.5. The second-order valence-electron chi connectivity index (χ2n) is 7.60. The Morgan fingerprint density at radius 1 is 0.879 bits per heavy atom. The first kappa shape index (κ1) is 23.7. The quantitative estimate of drug-likeness (QED) is 0.355. The first-order valence-corrected chi connectivity index (χ1v) is 10.9. The van der Waals surface area contributed by atoms with Crippen molar-refractivity contribution in [1.82, 2.24) is 10.6 Å². The number of carbonyl (C=O) groups is 2. The number of rotatable bonds is 10. The maximum Gasteiger partial charge on any atom is 0.319 e. The highest BCUT2D eigenvalue weighted by molar-refractivity contribution is 5.94. The van der Waals surface area contributed by atoms with Crippen molar-refractivity contribution in [2.45, 2.75) is 19.4 Å². The highest BCUT2D eigenvalue weighted by Crippen LogP contribution is 2.15. The number of ether oxygens (including phenoxy) is 1. The van der Waals surface area contributed by atoms with Crippen LogP contribution in [0.1, 0.15) is 11.1 Å². The van der Waals surface area contributed by atoms with Gasteiger partial charge in [-0.1, -0.05) is 48.5 Å². The molecular formula is C26H30N4O3. The number of amides is 3. The third kappa shape index (κ3) is 7.57. The molecule has 0 aromatic heterocycles. The first-order valence-electron chi connectivity index (χ1n) is 10.9. The smallest absolute Gasteiger partial charge is 0.319 e. The summed E-state index contributed by atoms with van der Waals surface area (Å²) in [5.41, 5.74) is 3.55. The molecule has 0 spiro atoms. The van der Waals surface area contributed by atoms with E-state index in [1.54, 1.807) is 7.11 Å². The number of urea groups is 1. The topological polar surface area (TPSA) is 91.5 Å². The van der Waals surface area contributed by atoms with Crippen molar-refractivity contribution in [3.63, 3.8) is 0 Å². The van der Waals surface area contributed by atoms with Gasteiger partial charge in [-0.2, -0.15) is 0 Å². The van der Waals surface area contributed by atoms with Crippen molar-refractivity contribution in [2.75, 3.05) is 30.8 Å². The minimum Gasteiger partial charge on any atom is -0.497 e. The zero-order valence-corrected chi connectivity index (χ0v) is 18.9. The molecule has 3 amide bonds. The summed E-state index contributed by atoms with van der Waals surface area (Å²) in [5, 5.41) is 11.8. The Morgan fingerprint density at radius 2 is 1.58 bits per heavy atom. The number of aryl methyl sites for hydroxylation is 1. The number of para-hydroxylation sites is 1. The number of hydrogen-bond acceptors (Lipinski definition) is 4. The number of anilines is 2. The van der Waals surface area contributed by atoms with Gasteiger partial charge in [-0.25, -0.2) is 4.79 Å². The molecule has 0 saturated heterocycles. The van der Waals surface area contributed by atoms with E-state index in [2.05, 4.69) is 21.3 Å². The van der Waals surface area contributed by atoms with Gasteiger partial charge in [0.1, 0.15) is 11.8 Å². The van der Waals surface area contributed by atoms with Gasteiger partial charge < -0.3 is 26.0 Å². The van der Waals surface area contributed by atoms with Gasteiger partial charge in [-0.05, 0) is 48.4 Å². The van der Waals surface area contributed by atoms with Crippen LogP contribution in [0.4, 0.5) is 16.2 Å². The molecule has 0 heterocycles. The molecule has 0 radical (unpaired) electrons. The fourth-order valence-electron chi connectivity index (χ4n) is 3.31. The fraction of sp³-hybridized carbons (Fsp3) is 0.231. The summed E-state index contributed by atoms with van der Waals surface area (Å²) in [7, 11) is 1.62. The number of hydrogen-bond donors (Lipinski definition) is 4. The van der Waals surface area contributed by atoms with Gasteiger partial charge in [0, 0.05) is 30.9 Å². The zero-order chi connectivity index (χ0) is 23.5. The molecule has 0 bridgehead atoms. The van der Waals surface area contributed by atoms with E-state index in [1.807, 2.05) is 85.8 Å². The molecule has 0 aliphatic rings. The second kappa shape index (κ2) is 12.1. The van der Waals surface area contributed by atoms with Crippen molar-refractivity contribution in [1.29, 1.82) is 0 Å². The molecule has 4 N–H and O–H groups in total. The number of methoxy groups -OCH3 is 1. The highest BCUT2D eigenvalue weighted by Gasteiger charge is 2.21. The number of carbonyl (C=O) groups excluding carboxylic acids is 2. The Kier molecular flexibility index (Phi) is 8.71. The van der Waals surface area contributed by atoms with Crippen LogP contribution in [0, 0.1) is 6.92 Å². The average molecular weight is 447 g/mol. The summed E-state index contributed by atoms with van der Waals surface area (Å²) >= 11 is 0. The normalized spacial score (nSPS) is 11.2. The molecule has 0 aliphatic heterocycles. The molecule has 0 aliphatic carbocycles. The van der Waals surface area contributed by atoms with E-state index in [0.717, 1.165) is 22.6 Å². The lowest BCUT2D eigenvalue weighted by molar-refractivity contribution is -0.122. The number of nitrogens with one attached hydrogen (secondary N) is 4. The summed E-state index contributed by atoms with van der Waals surface area (Å²) in [4.78, 5) is 25.5. The van der Waals surface area contributed by atoms with Gasteiger partial charge in [-0.3, -0.25) is 4.79 Å². The van der Waals surface area contributed by atoms with E-state index >= 15 is 0 Å². The van der Waals surface area contributed by atoms with E-state index in [4.69, 9.17) is 4.74 Å². The Balaban J connectivity index is 1.56. The Hall–Kier alpha value is -4.00. The van der Waals surface area contributed by atoms with E-state index in [9.17, 15) is 9.59 Å². The van der Waals surface area contributed by atoms with Crippen LogP contribution in [0.3, 0.4) is 0 Å². The molecule has 3 aromatic rings. The van der Waals surface area contributed by atoms with E-state index in [-0.39, 0.29) is 5.91 Å². The first-order chi connectivity index (χ1) is 16.0. The van der Waals surface area contributed by atoms with Gasteiger partial charge in [0.15, 0.2) is 0 Å². The number of benzene rings is 3. The van der Waals surface area contributed by atoms with Gasteiger partial charge >= 0.3 is 6.03 Å². The largest absolute Gasteiger partial charge is 0.497 e. The Bertz CT molecular complexity index is 1040. The van der Waals surface area contributed by atoms with Crippen LogP contribution in [0.25, 0.3) is 0 Å². The molecule has 7 nitrogen and oxygen atoms in total. The Morgan fingerprint density at radius 3 is 2.27 bits per heavy atom. The van der Waals surface area contributed by atoms with Crippen LogP contribution in [0.2, 0.25) is 0 Å². The third-order valence-electron chi connectivity index (χ3n) is 5.14. The third-order valence-corrected chi connectivity index (χ3v) is 5.14. The maximum absolute atomic E-state index is 12.9. The van der Waals surface area contributed by atoms with Gasteiger partial charge in [-0.15, -0.1) is 0 Å². The molecule has 0 fully saturated rings. The monoisotopic (exact) mass is 446 g/mol. The molecule has 3 rings (SSSR count). The lowest BCUT2D eigenvalue weighted by Crippen LogP contribution is -2.50. The lowest BCUT2D eigenvalue weighted by Gasteiger charge is -2.20. The van der Waals surface area contributed by atoms with Crippen molar-refractivity contribution >= 4 is 23.3 Å². The molecular weight excluding hydrogens is 416 g/mol. The second-order valence-corrected chi connectivity index (χ2v) is 7.60. The molecule has 1 unspecified atom stereocenters. The van der Waals surface area contributed by atoms with Crippen molar-refractivity contribution in [3.8, 4) is 5.75 Å². The minimum absolute atomic E-state index is 0.240. The van der Waals surface area contributed by atoms with E-state index in [1.165, 1.54) is 0 Å². The van der Waals surface area contributed by atoms with E-state index < -0.39 is 12.1 Å². The molecule has 3 aromatic carbocycles. The van der Waals surface area contributed by atoms with Gasteiger partial charge in [0.05, 0.1) is 7.11 Å². The lowest BCUT2D eigenvalue weighted by atomic mass is 10.1. The summed E-state index contributed by atoms with van der Waals surface area (Å²) in [6.07, 6.45) is 0.389. The average Bonchev–Trinajstić information content (AvgIpc) is 2.84. The van der Waals surface area contributed by atoms with Crippen LogP contribution < -0.4 is 26.0 Å². The van der Waals surface area contributed by atoms with Crippen molar-refractivity contribution < 1.29 is 14.3 Å². The predicted molar refractivity (Wildman–Crippen MR) is 132 cm³/mol. The fourth-order valence-corrected chi connectivity index (χ4v) is 3.31. The summed E-state index contributed by atoms with van der Waals surface area (Å²) in [6, 6.07) is 23.6. The SMILES string of the molecule is COc1ccc(NCCNC(=O)C(Cc2ccccc2)NC(=O)Nc2ccccc2C)cc1.